The van der Waals surface area contributed by atoms with Crippen molar-refractivity contribution in [2.75, 3.05) is 17.4 Å². The number of hydrogen-bond donors (Lipinski definition) is 2. The number of anilines is 3. The number of aromatic nitrogens is 1. The number of fused-ring (bicyclic) bond motifs is 1. The van der Waals surface area contributed by atoms with E-state index in [1.54, 1.807) is 42.6 Å². The zero-order valence-electron chi connectivity index (χ0n) is 13.5. The maximum atomic E-state index is 12.3. The van der Waals surface area contributed by atoms with Crippen LogP contribution in [0.4, 0.5) is 17.2 Å². The van der Waals surface area contributed by atoms with Crippen LogP contribution in [0, 0.1) is 0 Å². The molecule has 1 aliphatic rings. The molecule has 0 radical (unpaired) electrons. The van der Waals surface area contributed by atoms with Crippen molar-refractivity contribution in [1.29, 1.82) is 0 Å². The van der Waals surface area contributed by atoms with E-state index in [1.165, 1.54) is 0 Å². The molecule has 130 valence electrons. The number of hydrogen-bond acceptors (Lipinski definition) is 5. The van der Waals surface area contributed by atoms with Crippen LogP contribution in [0.15, 0.2) is 60.8 Å². The van der Waals surface area contributed by atoms with Crippen LogP contribution in [0.5, 0.6) is 11.5 Å². The molecule has 4 rings (SSSR count). The summed E-state index contributed by atoms with van der Waals surface area (Å²) >= 11 is 6.04. The fourth-order valence-corrected chi connectivity index (χ4v) is 2.73. The summed E-state index contributed by atoms with van der Waals surface area (Å²) < 4.78 is 10.6. The smallest absolute Gasteiger partial charge is 0.257 e. The highest BCUT2D eigenvalue weighted by Gasteiger charge is 2.13. The van der Waals surface area contributed by atoms with Gasteiger partial charge in [-0.15, -0.1) is 0 Å². The molecule has 0 saturated heterocycles. The molecule has 2 N–H and O–H groups in total. The van der Waals surface area contributed by atoms with Gasteiger partial charge in [0.25, 0.3) is 5.91 Å². The van der Waals surface area contributed by atoms with Gasteiger partial charge in [-0.2, -0.15) is 0 Å². The SMILES string of the molecule is O=C(Nc1ccc(Nc2ccc3c(c2)OCO3)nc1)c1ccccc1Cl. The number of nitrogens with zero attached hydrogens (tertiary/aromatic N) is 1. The maximum Gasteiger partial charge on any atom is 0.257 e. The van der Waals surface area contributed by atoms with Gasteiger partial charge in [-0.25, -0.2) is 4.98 Å². The Labute approximate surface area is 154 Å². The lowest BCUT2D eigenvalue weighted by atomic mass is 10.2. The molecule has 2 heterocycles. The first-order valence-corrected chi connectivity index (χ1v) is 8.25. The summed E-state index contributed by atoms with van der Waals surface area (Å²) in [6, 6.07) is 16.0. The molecule has 0 atom stereocenters. The third-order valence-electron chi connectivity index (χ3n) is 3.78. The van der Waals surface area contributed by atoms with Crippen molar-refractivity contribution in [2.24, 2.45) is 0 Å². The Balaban J connectivity index is 1.44. The minimum absolute atomic E-state index is 0.233. The van der Waals surface area contributed by atoms with E-state index in [0.717, 1.165) is 11.4 Å². The van der Waals surface area contributed by atoms with Gasteiger partial charge in [0.1, 0.15) is 5.82 Å². The highest BCUT2D eigenvalue weighted by atomic mass is 35.5. The first-order chi connectivity index (χ1) is 12.7. The Morgan fingerprint density at radius 3 is 2.62 bits per heavy atom. The van der Waals surface area contributed by atoms with Gasteiger partial charge in [-0.3, -0.25) is 4.79 Å². The first kappa shape index (κ1) is 16.2. The highest BCUT2D eigenvalue weighted by molar-refractivity contribution is 6.34. The van der Waals surface area contributed by atoms with Crippen molar-refractivity contribution in [3.05, 3.63) is 71.4 Å². The van der Waals surface area contributed by atoms with Gasteiger partial charge in [0, 0.05) is 11.8 Å². The summed E-state index contributed by atoms with van der Waals surface area (Å²) in [6.45, 7) is 0.233. The number of carbonyl (C=O) groups excluding carboxylic acids is 1. The summed E-state index contributed by atoms with van der Waals surface area (Å²) in [7, 11) is 0. The fourth-order valence-electron chi connectivity index (χ4n) is 2.51. The highest BCUT2D eigenvalue weighted by Crippen LogP contribution is 2.34. The van der Waals surface area contributed by atoms with Crippen molar-refractivity contribution in [1.82, 2.24) is 4.98 Å². The molecule has 0 fully saturated rings. The monoisotopic (exact) mass is 367 g/mol. The fraction of sp³-hybridized carbons (Fsp3) is 0.0526. The minimum atomic E-state index is -0.283. The molecular formula is C19H14ClN3O3. The first-order valence-electron chi connectivity index (χ1n) is 7.88. The molecule has 3 aromatic rings. The summed E-state index contributed by atoms with van der Waals surface area (Å²) in [4.78, 5) is 16.6. The van der Waals surface area contributed by atoms with Gasteiger partial charge in [0.2, 0.25) is 6.79 Å². The number of nitrogens with one attached hydrogen (secondary N) is 2. The third-order valence-corrected chi connectivity index (χ3v) is 4.11. The molecule has 1 aromatic heterocycles. The van der Waals surface area contributed by atoms with Crippen LogP contribution in [0.1, 0.15) is 10.4 Å². The molecule has 0 saturated carbocycles. The van der Waals surface area contributed by atoms with Gasteiger partial charge in [-0.1, -0.05) is 23.7 Å². The van der Waals surface area contributed by atoms with Crippen LogP contribution < -0.4 is 20.1 Å². The van der Waals surface area contributed by atoms with Crippen LogP contribution in [-0.4, -0.2) is 17.7 Å². The van der Waals surface area contributed by atoms with Gasteiger partial charge >= 0.3 is 0 Å². The number of carbonyl (C=O) groups is 1. The zero-order valence-corrected chi connectivity index (χ0v) is 14.3. The van der Waals surface area contributed by atoms with Crippen LogP contribution in [-0.2, 0) is 0 Å². The lowest BCUT2D eigenvalue weighted by molar-refractivity contribution is 0.102. The Morgan fingerprint density at radius 2 is 1.81 bits per heavy atom. The van der Waals surface area contributed by atoms with E-state index in [-0.39, 0.29) is 12.7 Å². The number of halogens is 1. The molecule has 2 aromatic carbocycles. The maximum absolute atomic E-state index is 12.3. The van der Waals surface area contributed by atoms with Crippen LogP contribution in [0.25, 0.3) is 0 Å². The molecule has 0 spiro atoms. The molecule has 7 heteroatoms. The summed E-state index contributed by atoms with van der Waals surface area (Å²) in [6.07, 6.45) is 1.57. The number of amides is 1. The van der Waals surface area contributed by atoms with E-state index >= 15 is 0 Å². The Bertz CT molecular complexity index is 960. The van der Waals surface area contributed by atoms with Crippen molar-refractivity contribution in [2.45, 2.75) is 0 Å². The molecule has 1 amide bonds. The lowest BCUT2D eigenvalue weighted by Gasteiger charge is -2.09. The predicted molar refractivity (Wildman–Crippen MR) is 99.5 cm³/mol. The average Bonchev–Trinajstić information content (AvgIpc) is 3.11. The normalized spacial score (nSPS) is 11.9. The van der Waals surface area contributed by atoms with E-state index in [1.807, 2.05) is 18.2 Å². The van der Waals surface area contributed by atoms with Gasteiger partial charge in [-0.05, 0) is 36.4 Å². The molecule has 1 aliphatic heterocycles. The molecular weight excluding hydrogens is 354 g/mol. The second kappa shape index (κ2) is 6.93. The predicted octanol–water partition coefficient (Wildman–Crippen LogP) is 4.46. The summed E-state index contributed by atoms with van der Waals surface area (Å²) in [5.74, 6) is 1.77. The van der Waals surface area contributed by atoms with E-state index < -0.39 is 0 Å². The average molecular weight is 368 g/mol. The standard InChI is InChI=1S/C19H14ClN3O3/c20-15-4-2-1-3-14(15)19(24)23-13-6-8-18(21-10-13)22-12-5-7-16-17(9-12)26-11-25-16/h1-10H,11H2,(H,21,22)(H,23,24). The Kier molecular flexibility index (Phi) is 4.33. The molecule has 26 heavy (non-hydrogen) atoms. The molecule has 0 unspecified atom stereocenters. The van der Waals surface area contributed by atoms with Gasteiger partial charge in [0.15, 0.2) is 11.5 Å². The minimum Gasteiger partial charge on any atom is -0.454 e. The zero-order chi connectivity index (χ0) is 17.9. The lowest BCUT2D eigenvalue weighted by Crippen LogP contribution is -2.12. The molecule has 0 bridgehead atoms. The summed E-state index contributed by atoms with van der Waals surface area (Å²) in [5.41, 5.74) is 1.82. The summed E-state index contributed by atoms with van der Waals surface area (Å²) in [5, 5.41) is 6.35. The number of benzene rings is 2. The van der Waals surface area contributed by atoms with Gasteiger partial charge < -0.3 is 20.1 Å². The Hall–Kier alpha value is -3.25. The van der Waals surface area contributed by atoms with E-state index in [2.05, 4.69) is 15.6 Å². The van der Waals surface area contributed by atoms with Crippen LogP contribution >= 0.6 is 11.6 Å². The van der Waals surface area contributed by atoms with Gasteiger partial charge in [0.05, 0.1) is 22.5 Å². The van der Waals surface area contributed by atoms with E-state index in [4.69, 9.17) is 21.1 Å². The van der Waals surface area contributed by atoms with Crippen LogP contribution in [0.3, 0.4) is 0 Å². The molecule has 0 aliphatic carbocycles. The van der Waals surface area contributed by atoms with Crippen molar-refractivity contribution >= 4 is 34.7 Å². The third kappa shape index (κ3) is 3.41. The molecule has 6 nitrogen and oxygen atoms in total. The second-order valence-electron chi connectivity index (χ2n) is 5.56. The largest absolute Gasteiger partial charge is 0.454 e. The Morgan fingerprint density at radius 1 is 1.00 bits per heavy atom. The topological polar surface area (TPSA) is 72.5 Å². The quantitative estimate of drug-likeness (QED) is 0.712. The number of pyridine rings is 1. The number of rotatable bonds is 4. The van der Waals surface area contributed by atoms with Crippen molar-refractivity contribution in [3.63, 3.8) is 0 Å². The second-order valence-corrected chi connectivity index (χ2v) is 5.97. The van der Waals surface area contributed by atoms with Crippen LogP contribution in [0.2, 0.25) is 5.02 Å². The van der Waals surface area contributed by atoms with E-state index in [0.29, 0.717) is 27.8 Å². The van der Waals surface area contributed by atoms with Crippen molar-refractivity contribution < 1.29 is 14.3 Å². The number of ether oxygens (including phenoxy) is 2. The van der Waals surface area contributed by atoms with E-state index in [9.17, 15) is 4.79 Å². The van der Waals surface area contributed by atoms with Crippen molar-refractivity contribution in [3.8, 4) is 11.5 Å².